The van der Waals surface area contributed by atoms with Crippen molar-refractivity contribution >= 4 is 88.8 Å². The van der Waals surface area contributed by atoms with Crippen molar-refractivity contribution in [3.8, 4) is 22.3 Å². The van der Waals surface area contributed by atoms with Crippen LogP contribution in [0.4, 0.5) is 0 Å². The first-order chi connectivity index (χ1) is 51.6. The molecule has 108 heavy (non-hydrogen) atoms. The summed E-state index contributed by atoms with van der Waals surface area (Å²) < 4.78 is 29.2. The molecule has 0 aliphatic carbocycles. The highest BCUT2D eigenvalue weighted by molar-refractivity contribution is 7.99. The van der Waals surface area contributed by atoms with Crippen molar-refractivity contribution in [2.24, 2.45) is 0 Å². The summed E-state index contributed by atoms with van der Waals surface area (Å²) in [6, 6.07) is 38.2. The molecule has 31 nitrogen and oxygen atoms in total. The number of carboxylic acid groups (broad SMARTS) is 4. The lowest BCUT2D eigenvalue weighted by molar-refractivity contribution is -0.310. The molecule has 15 N–H and O–H groups in total. The molecular formula is C75H84N6O25S2. The Labute approximate surface area is 627 Å². The summed E-state index contributed by atoms with van der Waals surface area (Å²) in [6.07, 6.45) is -16.3. The second-order valence-electron chi connectivity index (χ2n) is 25.3. The molecular weight excluding hydrogens is 1450 g/mol. The van der Waals surface area contributed by atoms with Crippen LogP contribution < -0.4 is 31.9 Å². The Bertz CT molecular complexity index is 4080. The van der Waals surface area contributed by atoms with Gasteiger partial charge in [-0.05, 0) is 107 Å². The summed E-state index contributed by atoms with van der Waals surface area (Å²) in [6.45, 7) is 0.215. The smallest absolute Gasteiger partial charge is 0.364 e. The number of thioether (sulfide) groups is 2. The third-order valence-corrected chi connectivity index (χ3v) is 19.7. The van der Waals surface area contributed by atoms with Crippen molar-refractivity contribution in [2.45, 2.75) is 124 Å². The van der Waals surface area contributed by atoms with Crippen LogP contribution >= 0.6 is 23.5 Å². The maximum atomic E-state index is 13.6. The molecule has 2 aliphatic heterocycles. The Morgan fingerprint density at radius 3 is 1.20 bits per heavy atom. The second-order valence-corrected chi connectivity index (χ2v) is 27.6. The summed E-state index contributed by atoms with van der Waals surface area (Å²) in [5, 5.41) is 113. The zero-order chi connectivity index (χ0) is 78.2. The van der Waals surface area contributed by atoms with Crippen molar-refractivity contribution in [3.05, 3.63) is 192 Å². The van der Waals surface area contributed by atoms with Gasteiger partial charge in [0.15, 0.2) is 0 Å². The Morgan fingerprint density at radius 2 is 0.815 bits per heavy atom. The summed E-state index contributed by atoms with van der Waals surface area (Å²) >= 11 is 2.05. The fourth-order valence-electron chi connectivity index (χ4n) is 11.7. The molecule has 2 fully saturated rings. The van der Waals surface area contributed by atoms with Crippen LogP contribution in [0.1, 0.15) is 91.3 Å². The number of carbonyl (C=O) groups excluding carboxylic acids is 7. The van der Waals surface area contributed by atoms with Gasteiger partial charge in [-0.15, -0.1) is 0 Å². The van der Waals surface area contributed by atoms with Crippen LogP contribution in [0.2, 0.25) is 0 Å². The van der Waals surface area contributed by atoms with E-state index in [1.807, 2.05) is 60.7 Å². The van der Waals surface area contributed by atoms with Crippen LogP contribution in [0.3, 0.4) is 0 Å². The predicted molar refractivity (Wildman–Crippen MR) is 389 cm³/mol. The molecule has 0 spiro atoms. The maximum absolute atomic E-state index is 13.6. The normalized spacial score (nSPS) is 21.3. The van der Waals surface area contributed by atoms with Gasteiger partial charge in [-0.25, -0.2) is 24.0 Å². The van der Waals surface area contributed by atoms with E-state index in [0.29, 0.717) is 0 Å². The molecule has 576 valence electrons. The number of nitrogens with one attached hydrogen (secondary N) is 6. The first-order valence-electron chi connectivity index (χ1n) is 34.1. The molecule has 0 bridgehead atoms. The van der Waals surface area contributed by atoms with Gasteiger partial charge in [0.2, 0.25) is 11.8 Å². The molecule has 2 aliphatic rings. The molecule has 14 atom stereocenters. The van der Waals surface area contributed by atoms with E-state index in [0.717, 1.165) is 59.6 Å². The lowest BCUT2D eigenvalue weighted by Gasteiger charge is -2.47. The van der Waals surface area contributed by atoms with E-state index in [9.17, 15) is 98.7 Å². The third kappa shape index (κ3) is 22.9. The molecule has 6 amide bonds. The zero-order valence-corrected chi connectivity index (χ0v) is 60.0. The monoisotopic (exact) mass is 1530 g/mol. The van der Waals surface area contributed by atoms with Crippen molar-refractivity contribution in [1.29, 1.82) is 0 Å². The van der Waals surface area contributed by atoms with Crippen LogP contribution in [0.25, 0.3) is 22.3 Å². The average molecular weight is 1530 g/mol. The number of hydrogen-bond acceptors (Lipinski definition) is 23. The number of esters is 1. The number of aliphatic carboxylic acids is 4. The molecule has 0 radical (unpaired) electrons. The van der Waals surface area contributed by atoms with Crippen LogP contribution in [-0.2, 0) is 52.5 Å². The third-order valence-electron chi connectivity index (χ3n) is 17.4. The van der Waals surface area contributed by atoms with Crippen molar-refractivity contribution < 1.29 is 122 Å². The average Bonchev–Trinajstić information content (AvgIpc) is 0.767. The molecule has 8 rings (SSSR count). The highest BCUT2D eigenvalue weighted by Crippen LogP contribution is 2.37. The number of ether oxygens (including phenoxy) is 5. The van der Waals surface area contributed by atoms with Crippen LogP contribution in [0.15, 0.2) is 164 Å². The minimum Gasteiger partial charge on any atom is -0.480 e. The quantitative estimate of drug-likeness (QED) is 0.0196. The zero-order valence-electron chi connectivity index (χ0n) is 58.4. The molecule has 2 saturated heterocycles. The largest absolute Gasteiger partial charge is 0.480 e. The Kier molecular flexibility index (Phi) is 30.6. The van der Waals surface area contributed by atoms with Gasteiger partial charge >= 0.3 is 29.8 Å². The number of carbonyl (C=O) groups is 11. The first kappa shape index (κ1) is 83.5. The summed E-state index contributed by atoms with van der Waals surface area (Å²) in [7, 11) is 0. The van der Waals surface area contributed by atoms with E-state index in [-0.39, 0.29) is 70.3 Å². The minimum absolute atomic E-state index is 0.00455. The van der Waals surface area contributed by atoms with Crippen LogP contribution in [-0.4, -0.2) is 245 Å². The van der Waals surface area contributed by atoms with Gasteiger partial charge in [-0.2, -0.15) is 23.5 Å². The lowest BCUT2D eigenvalue weighted by atomic mass is 9.88. The van der Waals surface area contributed by atoms with Gasteiger partial charge in [0.25, 0.3) is 35.2 Å². The number of carboxylic acids is 4. The van der Waals surface area contributed by atoms with E-state index in [4.69, 9.17) is 23.7 Å². The van der Waals surface area contributed by atoms with Crippen LogP contribution in [0.5, 0.6) is 0 Å². The van der Waals surface area contributed by atoms with E-state index in [1.165, 1.54) is 36.4 Å². The van der Waals surface area contributed by atoms with Crippen molar-refractivity contribution in [2.75, 3.05) is 49.3 Å². The summed E-state index contributed by atoms with van der Waals surface area (Å²) in [4.78, 5) is 142. The topological polar surface area (TPSA) is 488 Å². The van der Waals surface area contributed by atoms with Crippen LogP contribution in [0, 0.1) is 0 Å². The molecule has 6 aromatic rings. The van der Waals surface area contributed by atoms with Gasteiger partial charge < -0.3 is 102 Å². The Morgan fingerprint density at radius 1 is 0.463 bits per heavy atom. The minimum atomic E-state index is -2.72. The number of amides is 6. The highest BCUT2D eigenvalue weighted by Gasteiger charge is 2.58. The number of hydrogen-bond donors (Lipinski definition) is 15. The first-order valence-corrected chi connectivity index (χ1v) is 36.4. The maximum Gasteiger partial charge on any atom is 0.364 e. The summed E-state index contributed by atoms with van der Waals surface area (Å²) in [5.41, 5.74) is 3.76. The number of aliphatic hydroxyl groups excluding tert-OH is 5. The predicted octanol–water partition coefficient (Wildman–Crippen LogP) is 2.71. The highest BCUT2D eigenvalue weighted by atomic mass is 32.2. The lowest BCUT2D eigenvalue weighted by Crippen LogP contribution is -2.68. The molecule has 0 saturated carbocycles. The van der Waals surface area contributed by atoms with E-state index in [1.54, 1.807) is 66.7 Å². The van der Waals surface area contributed by atoms with Gasteiger partial charge in [0.1, 0.15) is 42.6 Å². The molecule has 33 heteroatoms. The Hall–Kier alpha value is -10.2. The Balaban J connectivity index is 0.797. The van der Waals surface area contributed by atoms with E-state index < -0.39 is 182 Å². The molecule has 2 heterocycles. The van der Waals surface area contributed by atoms with Crippen molar-refractivity contribution in [1.82, 2.24) is 31.9 Å². The van der Waals surface area contributed by atoms with Gasteiger partial charge in [0.05, 0.1) is 55.6 Å². The SMILES string of the molecule is CC(=O)N[C@@H]1[C@@H](OC(=O)c2ccccc2)C[C@](OCCCSCC(NC(=O)c2ccc(C(=O)NC(CSCCCO[C@]3(C(=O)O)C[C@H](O)[C@@H](NC(C)=O)[C@H](C(O)[C@H](O)CNC(=O)c4ccc(-c5ccccc5)cc4)O3)C(=O)O)cc2)C(=O)O)(C(=O)O)O[C@H]1C(O)[C@H](O)CNC(=O)c1ccc(-c2ccccc2)cc1. The number of rotatable bonds is 38. The number of aliphatic hydroxyl groups is 5. The molecule has 6 aromatic carbocycles. The molecule has 4 unspecified atom stereocenters. The van der Waals surface area contributed by atoms with Gasteiger partial charge in [-0.3, -0.25) is 28.8 Å². The fourth-order valence-corrected chi connectivity index (χ4v) is 13.6. The van der Waals surface area contributed by atoms with E-state index in [2.05, 4.69) is 31.9 Å². The number of benzene rings is 6. The van der Waals surface area contributed by atoms with Gasteiger partial charge in [0, 0.05) is 67.1 Å². The van der Waals surface area contributed by atoms with Crippen molar-refractivity contribution in [3.63, 3.8) is 0 Å². The fraction of sp³-hybridized carbons (Fsp3) is 0.373. The van der Waals surface area contributed by atoms with Gasteiger partial charge in [-0.1, -0.05) is 103 Å². The second kappa shape index (κ2) is 39.6. The molecule has 0 aromatic heterocycles. The summed E-state index contributed by atoms with van der Waals surface area (Å²) in [5.74, 6) is -17.3. The van der Waals surface area contributed by atoms with E-state index >= 15 is 0 Å². The standard InChI is InChI=1S/C75H84N6O25S2/c1-42(82)78-59-55(84)36-74(72(98)99,105-63(59)61(87)56(85)38-76-65(89)48-24-20-46(21-25-48)44-14-6-3-7-15-44)102-32-12-34-107-40-53(69(93)94)80-67(91)50-28-30-51(31-29-50)68(92)81-54(70(95)96)41-108-35-13-33-103-75(73(100)101)37-58(104-71(97)52-18-10-5-11-19-52)60(79-43(2)83)64(106-75)62(88)57(86)39-77-66(90)49-26-22-47(23-27-49)45-16-8-4-9-17-45/h3-11,14-31,53-64,84-88H,12-13,32-41H2,1-2H3,(H,76,89)(H,77,90)(H,78,82)(H,79,83)(H,80,91)(H,81,92)(H,93,94)(H,95,96)(H,98,99)(H,100,101)/t53?,54?,55-,56+,57+,58-,59+,60+,61?,62?,63+,64+,74+,75+/m0/s1.